The van der Waals surface area contributed by atoms with Crippen LogP contribution in [0.4, 0.5) is 10.6 Å². The summed E-state index contributed by atoms with van der Waals surface area (Å²) in [4.78, 5) is 46.7. The van der Waals surface area contributed by atoms with Crippen molar-refractivity contribution in [1.29, 1.82) is 0 Å². The highest BCUT2D eigenvalue weighted by Crippen LogP contribution is 2.33. The molecule has 4 amide bonds. The first kappa shape index (κ1) is 23.7. The fourth-order valence-electron chi connectivity index (χ4n) is 5.16. The van der Waals surface area contributed by atoms with E-state index in [0.29, 0.717) is 17.7 Å². The summed E-state index contributed by atoms with van der Waals surface area (Å²) in [6.07, 6.45) is 2.73. The molecule has 2 N–H and O–H groups in total. The van der Waals surface area contributed by atoms with Gasteiger partial charge in [-0.15, -0.1) is 0 Å². The maximum atomic E-state index is 13.4. The molecule has 8 nitrogen and oxygen atoms in total. The van der Waals surface area contributed by atoms with E-state index in [1.165, 1.54) is 0 Å². The summed E-state index contributed by atoms with van der Waals surface area (Å²) in [5, 5.41) is 5.12. The highest BCUT2D eigenvalue weighted by atomic mass is 16.2. The zero-order chi connectivity index (χ0) is 24.6. The maximum absolute atomic E-state index is 13.4. The summed E-state index contributed by atoms with van der Waals surface area (Å²) in [6, 6.07) is 8.77. The Kier molecular flexibility index (Phi) is 6.34. The number of carbonyl (C=O) groups is 3. The third-order valence-corrected chi connectivity index (χ3v) is 7.05. The number of imide groups is 1. The monoisotopic (exact) mass is 463 g/mol. The SMILES string of the molecule is CCC1CN(c2ncc(C)cc2C)CCN1C(=O)c1ccc(C2(C(C)C)NC(=O)NC2=O)cc1. The second-order valence-corrected chi connectivity index (χ2v) is 9.61. The number of hydrogen-bond acceptors (Lipinski definition) is 5. The van der Waals surface area contributed by atoms with Crippen molar-refractivity contribution in [3.8, 4) is 0 Å². The van der Waals surface area contributed by atoms with Crippen LogP contribution in [0.2, 0.25) is 0 Å². The number of hydrogen-bond donors (Lipinski definition) is 2. The van der Waals surface area contributed by atoms with Gasteiger partial charge in [-0.2, -0.15) is 0 Å². The normalized spacial score (nSPS) is 22.7. The molecule has 180 valence electrons. The predicted octanol–water partition coefficient (Wildman–Crippen LogP) is 3.13. The maximum Gasteiger partial charge on any atom is 0.322 e. The van der Waals surface area contributed by atoms with Crippen molar-refractivity contribution >= 4 is 23.7 Å². The lowest BCUT2D eigenvalue weighted by Gasteiger charge is -2.42. The molecule has 2 unspecified atom stereocenters. The number of benzene rings is 1. The van der Waals surface area contributed by atoms with Crippen LogP contribution in [0.5, 0.6) is 0 Å². The third kappa shape index (κ3) is 4.02. The van der Waals surface area contributed by atoms with Crippen LogP contribution in [-0.4, -0.2) is 53.4 Å². The van der Waals surface area contributed by atoms with Crippen molar-refractivity contribution in [3.63, 3.8) is 0 Å². The number of aryl methyl sites for hydroxylation is 2. The minimum absolute atomic E-state index is 0.0230. The lowest BCUT2D eigenvalue weighted by molar-refractivity contribution is -0.125. The van der Waals surface area contributed by atoms with Gasteiger partial charge in [0.2, 0.25) is 0 Å². The molecule has 2 aliphatic heterocycles. The highest BCUT2D eigenvalue weighted by molar-refractivity contribution is 6.07. The smallest absolute Gasteiger partial charge is 0.322 e. The second kappa shape index (κ2) is 9.08. The van der Waals surface area contributed by atoms with E-state index < -0.39 is 11.6 Å². The molecule has 8 heteroatoms. The molecule has 0 aliphatic carbocycles. The van der Waals surface area contributed by atoms with Crippen molar-refractivity contribution in [1.82, 2.24) is 20.5 Å². The molecule has 2 atom stereocenters. The van der Waals surface area contributed by atoms with Gasteiger partial charge in [0, 0.05) is 37.4 Å². The molecule has 0 bridgehead atoms. The van der Waals surface area contributed by atoms with Crippen molar-refractivity contribution in [2.45, 2.75) is 52.6 Å². The van der Waals surface area contributed by atoms with Crippen LogP contribution in [0, 0.1) is 19.8 Å². The van der Waals surface area contributed by atoms with Gasteiger partial charge in [0.05, 0.1) is 0 Å². The number of piperazine rings is 1. The number of carbonyl (C=O) groups excluding carboxylic acids is 3. The van der Waals surface area contributed by atoms with Crippen molar-refractivity contribution < 1.29 is 14.4 Å². The molecule has 0 radical (unpaired) electrons. The van der Waals surface area contributed by atoms with Crippen LogP contribution in [0.3, 0.4) is 0 Å². The van der Waals surface area contributed by atoms with E-state index in [1.54, 1.807) is 24.3 Å². The summed E-state index contributed by atoms with van der Waals surface area (Å²) in [5.74, 6) is 0.437. The van der Waals surface area contributed by atoms with Gasteiger partial charge in [0.15, 0.2) is 0 Å². The molecule has 2 saturated heterocycles. The van der Waals surface area contributed by atoms with Crippen LogP contribution < -0.4 is 15.5 Å². The molecular weight excluding hydrogens is 430 g/mol. The van der Waals surface area contributed by atoms with E-state index in [-0.39, 0.29) is 23.8 Å². The third-order valence-electron chi connectivity index (χ3n) is 7.05. The minimum Gasteiger partial charge on any atom is -0.353 e. The zero-order valence-corrected chi connectivity index (χ0v) is 20.5. The summed E-state index contributed by atoms with van der Waals surface area (Å²) < 4.78 is 0. The molecule has 2 aliphatic rings. The van der Waals surface area contributed by atoms with Crippen LogP contribution in [0.15, 0.2) is 36.5 Å². The van der Waals surface area contributed by atoms with E-state index in [4.69, 9.17) is 0 Å². The summed E-state index contributed by atoms with van der Waals surface area (Å²) >= 11 is 0. The Balaban J connectivity index is 1.53. The quantitative estimate of drug-likeness (QED) is 0.665. The number of nitrogens with one attached hydrogen (secondary N) is 2. The van der Waals surface area contributed by atoms with Crippen LogP contribution in [0.25, 0.3) is 0 Å². The molecule has 34 heavy (non-hydrogen) atoms. The summed E-state index contributed by atoms with van der Waals surface area (Å²) in [7, 11) is 0. The first-order valence-corrected chi connectivity index (χ1v) is 11.9. The Morgan fingerprint density at radius 1 is 1.18 bits per heavy atom. The lowest BCUT2D eigenvalue weighted by atomic mass is 9.79. The van der Waals surface area contributed by atoms with E-state index in [0.717, 1.165) is 36.5 Å². The Morgan fingerprint density at radius 3 is 2.44 bits per heavy atom. The number of pyridine rings is 1. The number of aromatic nitrogens is 1. The van der Waals surface area contributed by atoms with Gasteiger partial charge in [-0.3, -0.25) is 14.9 Å². The number of nitrogens with zero attached hydrogens (tertiary/aromatic N) is 3. The Morgan fingerprint density at radius 2 is 1.88 bits per heavy atom. The van der Waals surface area contributed by atoms with E-state index >= 15 is 0 Å². The van der Waals surface area contributed by atoms with Gasteiger partial charge in [-0.1, -0.05) is 39.0 Å². The van der Waals surface area contributed by atoms with Gasteiger partial charge in [-0.05, 0) is 55.0 Å². The van der Waals surface area contributed by atoms with Crippen LogP contribution in [-0.2, 0) is 10.3 Å². The number of anilines is 1. The van der Waals surface area contributed by atoms with Crippen molar-refractivity contribution in [2.24, 2.45) is 5.92 Å². The number of amides is 4. The average Bonchev–Trinajstić information content (AvgIpc) is 3.13. The average molecular weight is 464 g/mol. The molecule has 2 fully saturated rings. The fraction of sp³-hybridized carbons (Fsp3) is 0.462. The molecule has 3 heterocycles. The Labute approximate surface area is 200 Å². The summed E-state index contributed by atoms with van der Waals surface area (Å²) in [5.41, 5.74) is 2.39. The molecule has 0 spiro atoms. The second-order valence-electron chi connectivity index (χ2n) is 9.61. The predicted molar refractivity (Wildman–Crippen MR) is 131 cm³/mol. The first-order chi connectivity index (χ1) is 16.2. The molecule has 4 rings (SSSR count). The highest BCUT2D eigenvalue weighted by Gasteiger charge is 2.50. The van der Waals surface area contributed by atoms with Gasteiger partial charge >= 0.3 is 6.03 Å². The zero-order valence-electron chi connectivity index (χ0n) is 20.5. The van der Waals surface area contributed by atoms with Gasteiger partial charge in [0.1, 0.15) is 11.4 Å². The molecule has 1 aromatic heterocycles. The lowest BCUT2D eigenvalue weighted by Crippen LogP contribution is -2.55. The standard InChI is InChI=1S/C26H33N5O3/c1-6-21-15-30(22-18(5)13-17(4)14-27-22)11-12-31(21)23(32)19-7-9-20(10-8-19)26(16(2)3)24(33)28-25(34)29-26/h7-10,13-14,16,21H,6,11-12,15H2,1-5H3,(H2,28,29,33,34). The topological polar surface area (TPSA) is 94.6 Å². The number of rotatable bonds is 5. The van der Waals surface area contributed by atoms with Gasteiger partial charge in [-0.25, -0.2) is 9.78 Å². The van der Waals surface area contributed by atoms with E-state index in [1.807, 2.05) is 31.9 Å². The van der Waals surface area contributed by atoms with Crippen molar-refractivity contribution in [3.05, 3.63) is 58.8 Å². The number of urea groups is 1. The van der Waals surface area contributed by atoms with E-state index in [9.17, 15) is 14.4 Å². The first-order valence-electron chi connectivity index (χ1n) is 11.9. The van der Waals surface area contributed by atoms with Crippen LogP contribution in [0.1, 0.15) is 54.2 Å². The molecule has 0 saturated carbocycles. The van der Waals surface area contributed by atoms with E-state index in [2.05, 4.69) is 40.4 Å². The summed E-state index contributed by atoms with van der Waals surface area (Å²) in [6.45, 7) is 12.1. The Bertz CT molecular complexity index is 1110. The largest absolute Gasteiger partial charge is 0.353 e. The van der Waals surface area contributed by atoms with Crippen LogP contribution >= 0.6 is 0 Å². The minimum atomic E-state index is -1.13. The Hall–Kier alpha value is -3.42. The molecular formula is C26H33N5O3. The molecule has 1 aromatic carbocycles. The molecule has 2 aromatic rings. The van der Waals surface area contributed by atoms with Gasteiger partial charge < -0.3 is 15.1 Å². The van der Waals surface area contributed by atoms with Gasteiger partial charge in [0.25, 0.3) is 11.8 Å². The van der Waals surface area contributed by atoms with Crippen molar-refractivity contribution in [2.75, 3.05) is 24.5 Å². The fourth-order valence-corrected chi connectivity index (χ4v) is 5.16.